The van der Waals surface area contributed by atoms with Crippen molar-refractivity contribution < 1.29 is 9.90 Å². The number of aryl methyl sites for hydroxylation is 4. The Kier molecular flexibility index (Phi) is 3.88. The first-order chi connectivity index (χ1) is 10.5. The molecule has 0 saturated carbocycles. The molecule has 1 unspecified atom stereocenters. The number of rotatable bonds is 4. The number of nitrogens with two attached hydrogens (primary N) is 1. The summed E-state index contributed by atoms with van der Waals surface area (Å²) in [4.78, 5) is 11.4. The van der Waals surface area contributed by atoms with Crippen molar-refractivity contribution in [2.45, 2.75) is 38.5 Å². The number of phenolic OH excluding ortho intramolecular Hbond substituents is 1. The van der Waals surface area contributed by atoms with Crippen LogP contribution in [0.25, 0.3) is 0 Å². The topological polar surface area (TPSA) is 63.3 Å². The number of fused-ring (bicyclic) bond motifs is 1. The quantitative estimate of drug-likeness (QED) is 0.910. The van der Waals surface area contributed by atoms with E-state index in [9.17, 15) is 9.90 Å². The summed E-state index contributed by atoms with van der Waals surface area (Å²) in [5.41, 5.74) is 11.5. The third-order valence-electron chi connectivity index (χ3n) is 4.64. The van der Waals surface area contributed by atoms with E-state index in [-0.39, 0.29) is 11.8 Å². The van der Waals surface area contributed by atoms with Crippen LogP contribution in [0.2, 0.25) is 0 Å². The number of hydrogen-bond donors (Lipinski definition) is 2. The lowest BCUT2D eigenvalue weighted by Gasteiger charge is -2.10. The van der Waals surface area contributed by atoms with Crippen molar-refractivity contribution in [3.8, 4) is 5.75 Å². The SMILES string of the molecule is Cc1cc(O)ccc1CCc1ccc2c(c1)CCC2C(N)=O. The van der Waals surface area contributed by atoms with Crippen LogP contribution in [0.3, 0.4) is 0 Å². The minimum atomic E-state index is -0.216. The Bertz CT molecular complexity index is 721. The number of amides is 1. The fourth-order valence-corrected chi connectivity index (χ4v) is 3.36. The van der Waals surface area contributed by atoms with E-state index in [0.29, 0.717) is 5.75 Å². The fraction of sp³-hybridized carbons (Fsp3) is 0.316. The molecule has 3 nitrogen and oxygen atoms in total. The molecular formula is C19H21NO2. The Morgan fingerprint density at radius 3 is 2.77 bits per heavy atom. The number of aromatic hydroxyl groups is 1. The van der Waals surface area contributed by atoms with Crippen molar-refractivity contribution in [2.75, 3.05) is 0 Å². The van der Waals surface area contributed by atoms with E-state index in [0.717, 1.165) is 36.8 Å². The van der Waals surface area contributed by atoms with Crippen molar-refractivity contribution in [1.82, 2.24) is 0 Å². The van der Waals surface area contributed by atoms with E-state index in [1.807, 2.05) is 13.0 Å². The Balaban J connectivity index is 1.73. The lowest BCUT2D eigenvalue weighted by Crippen LogP contribution is -2.19. The van der Waals surface area contributed by atoms with Gasteiger partial charge in [-0.2, -0.15) is 0 Å². The lowest BCUT2D eigenvalue weighted by atomic mass is 9.96. The smallest absolute Gasteiger partial charge is 0.224 e. The molecule has 1 amide bonds. The first kappa shape index (κ1) is 14.6. The third kappa shape index (κ3) is 2.84. The van der Waals surface area contributed by atoms with Crippen LogP contribution < -0.4 is 5.73 Å². The molecule has 3 heteroatoms. The largest absolute Gasteiger partial charge is 0.508 e. The minimum absolute atomic E-state index is 0.108. The molecule has 22 heavy (non-hydrogen) atoms. The van der Waals surface area contributed by atoms with Crippen LogP contribution in [0, 0.1) is 6.92 Å². The molecule has 1 aliphatic carbocycles. The van der Waals surface area contributed by atoms with Gasteiger partial charge in [0, 0.05) is 0 Å². The van der Waals surface area contributed by atoms with Gasteiger partial charge < -0.3 is 10.8 Å². The van der Waals surface area contributed by atoms with Crippen LogP contribution in [-0.2, 0) is 24.1 Å². The van der Waals surface area contributed by atoms with E-state index < -0.39 is 0 Å². The maximum absolute atomic E-state index is 11.4. The highest BCUT2D eigenvalue weighted by Crippen LogP contribution is 2.33. The van der Waals surface area contributed by atoms with Gasteiger partial charge in [-0.1, -0.05) is 24.3 Å². The number of carbonyl (C=O) groups excluding carboxylic acids is 1. The second-order valence-corrected chi connectivity index (χ2v) is 6.14. The third-order valence-corrected chi connectivity index (χ3v) is 4.64. The normalized spacial score (nSPS) is 16.5. The van der Waals surface area contributed by atoms with Crippen molar-refractivity contribution in [2.24, 2.45) is 5.73 Å². The van der Waals surface area contributed by atoms with Crippen LogP contribution >= 0.6 is 0 Å². The summed E-state index contributed by atoms with van der Waals surface area (Å²) in [5.74, 6) is -0.00844. The van der Waals surface area contributed by atoms with Crippen LogP contribution in [-0.4, -0.2) is 11.0 Å². The molecule has 0 spiro atoms. The lowest BCUT2D eigenvalue weighted by molar-refractivity contribution is -0.119. The molecule has 1 atom stereocenters. The highest BCUT2D eigenvalue weighted by molar-refractivity contribution is 5.83. The first-order valence-electron chi connectivity index (χ1n) is 7.74. The Morgan fingerprint density at radius 1 is 1.23 bits per heavy atom. The number of primary amides is 1. The van der Waals surface area contributed by atoms with E-state index in [2.05, 4.69) is 18.2 Å². The van der Waals surface area contributed by atoms with Crippen molar-refractivity contribution >= 4 is 5.91 Å². The number of benzene rings is 2. The Morgan fingerprint density at radius 2 is 2.05 bits per heavy atom. The van der Waals surface area contributed by atoms with Crippen molar-refractivity contribution in [3.05, 3.63) is 64.2 Å². The average molecular weight is 295 g/mol. The summed E-state index contributed by atoms with van der Waals surface area (Å²) in [6.45, 7) is 2.02. The predicted octanol–water partition coefficient (Wildman–Crippen LogP) is 3.00. The van der Waals surface area contributed by atoms with Gasteiger partial charge in [0.25, 0.3) is 0 Å². The molecule has 114 valence electrons. The summed E-state index contributed by atoms with van der Waals surface area (Å²) < 4.78 is 0. The van der Waals surface area contributed by atoms with Gasteiger partial charge in [-0.05, 0) is 72.6 Å². The highest BCUT2D eigenvalue weighted by Gasteiger charge is 2.26. The summed E-state index contributed by atoms with van der Waals surface area (Å²) in [7, 11) is 0. The zero-order valence-electron chi connectivity index (χ0n) is 12.8. The fourth-order valence-electron chi connectivity index (χ4n) is 3.36. The Hall–Kier alpha value is -2.29. The number of carbonyl (C=O) groups is 1. The van der Waals surface area contributed by atoms with Gasteiger partial charge in [-0.15, -0.1) is 0 Å². The Labute approximate surface area is 130 Å². The average Bonchev–Trinajstić information content (AvgIpc) is 2.89. The first-order valence-corrected chi connectivity index (χ1v) is 7.74. The van der Waals surface area contributed by atoms with Crippen LogP contribution in [0.4, 0.5) is 0 Å². The van der Waals surface area contributed by atoms with E-state index in [1.54, 1.807) is 12.1 Å². The monoisotopic (exact) mass is 295 g/mol. The van der Waals surface area contributed by atoms with E-state index in [4.69, 9.17) is 5.73 Å². The summed E-state index contributed by atoms with van der Waals surface area (Å²) in [5, 5.41) is 9.46. The van der Waals surface area contributed by atoms with Crippen molar-refractivity contribution in [1.29, 1.82) is 0 Å². The summed E-state index contributed by atoms with van der Waals surface area (Å²) in [6, 6.07) is 11.9. The molecule has 0 bridgehead atoms. The van der Waals surface area contributed by atoms with Crippen LogP contribution in [0.1, 0.15) is 40.2 Å². The second-order valence-electron chi connectivity index (χ2n) is 6.14. The molecular weight excluding hydrogens is 274 g/mol. The van der Waals surface area contributed by atoms with Crippen molar-refractivity contribution in [3.63, 3.8) is 0 Å². The maximum atomic E-state index is 11.4. The molecule has 3 N–H and O–H groups in total. The van der Waals surface area contributed by atoms with E-state index >= 15 is 0 Å². The summed E-state index contributed by atoms with van der Waals surface area (Å²) >= 11 is 0. The van der Waals surface area contributed by atoms with Gasteiger partial charge in [0.2, 0.25) is 5.91 Å². The van der Waals surface area contributed by atoms with Gasteiger partial charge in [0.1, 0.15) is 5.75 Å². The minimum Gasteiger partial charge on any atom is -0.508 e. The molecule has 0 fully saturated rings. The zero-order valence-corrected chi connectivity index (χ0v) is 12.8. The molecule has 3 rings (SSSR count). The molecule has 2 aromatic carbocycles. The van der Waals surface area contributed by atoms with Gasteiger partial charge in [0.15, 0.2) is 0 Å². The molecule has 0 aromatic heterocycles. The standard InChI is InChI=1S/C19H21NO2/c1-12-10-16(21)7-5-14(12)4-2-13-3-8-17-15(11-13)6-9-18(17)19(20)22/h3,5,7-8,10-11,18,21H,2,4,6,9H2,1H3,(H2,20,22). The molecule has 0 aliphatic heterocycles. The van der Waals surface area contributed by atoms with Gasteiger partial charge >= 0.3 is 0 Å². The van der Waals surface area contributed by atoms with Crippen LogP contribution in [0.15, 0.2) is 36.4 Å². The zero-order chi connectivity index (χ0) is 15.7. The molecule has 2 aromatic rings. The second kappa shape index (κ2) is 5.84. The summed E-state index contributed by atoms with van der Waals surface area (Å²) in [6.07, 6.45) is 3.69. The number of phenols is 1. The molecule has 0 radical (unpaired) electrons. The molecule has 0 heterocycles. The van der Waals surface area contributed by atoms with E-state index in [1.165, 1.54) is 16.7 Å². The highest BCUT2D eigenvalue weighted by atomic mass is 16.3. The predicted molar refractivity (Wildman–Crippen MR) is 87.0 cm³/mol. The van der Waals surface area contributed by atoms with Gasteiger partial charge in [0.05, 0.1) is 5.92 Å². The molecule has 0 saturated heterocycles. The maximum Gasteiger partial charge on any atom is 0.224 e. The number of hydrogen-bond acceptors (Lipinski definition) is 2. The van der Waals surface area contributed by atoms with Gasteiger partial charge in [-0.3, -0.25) is 4.79 Å². The molecule has 1 aliphatic rings. The van der Waals surface area contributed by atoms with Gasteiger partial charge in [-0.25, -0.2) is 0 Å². The van der Waals surface area contributed by atoms with Crippen LogP contribution in [0.5, 0.6) is 5.75 Å².